The molecule has 2 aromatic rings. The lowest BCUT2D eigenvalue weighted by molar-refractivity contribution is -0.152. The number of hydrogen-bond acceptors (Lipinski definition) is 5. The molecular formula is C20H25NO5. The average molecular weight is 359 g/mol. The molecule has 1 fully saturated rings. The molecule has 1 N–H and O–H groups in total. The second kappa shape index (κ2) is 7.81. The molecule has 0 atom stereocenters. The Morgan fingerprint density at radius 2 is 2.00 bits per heavy atom. The fourth-order valence-electron chi connectivity index (χ4n) is 3.49. The van der Waals surface area contributed by atoms with Gasteiger partial charge in [0.1, 0.15) is 11.3 Å². The summed E-state index contributed by atoms with van der Waals surface area (Å²) in [6.45, 7) is 2.00. The van der Waals surface area contributed by atoms with Gasteiger partial charge in [0.15, 0.2) is 6.61 Å². The number of ether oxygens (including phenoxy) is 1. The summed E-state index contributed by atoms with van der Waals surface area (Å²) in [4.78, 5) is 26.1. The number of furan rings is 1. The predicted octanol–water partition coefficient (Wildman–Crippen LogP) is 3.26. The van der Waals surface area contributed by atoms with E-state index in [0.29, 0.717) is 11.1 Å². The Morgan fingerprint density at radius 3 is 2.73 bits per heavy atom. The van der Waals surface area contributed by atoms with Crippen molar-refractivity contribution < 1.29 is 23.8 Å². The van der Waals surface area contributed by atoms with Crippen LogP contribution in [0.2, 0.25) is 0 Å². The molecule has 0 unspecified atom stereocenters. The minimum Gasteiger partial charge on any atom is -0.508 e. The van der Waals surface area contributed by atoms with Crippen LogP contribution in [0.1, 0.15) is 38.2 Å². The molecule has 3 rings (SSSR count). The van der Waals surface area contributed by atoms with Crippen molar-refractivity contribution in [3.63, 3.8) is 0 Å². The molecule has 6 nitrogen and oxygen atoms in total. The van der Waals surface area contributed by atoms with Crippen LogP contribution in [-0.2, 0) is 20.7 Å². The number of benzene rings is 1. The highest BCUT2D eigenvalue weighted by atomic mass is 16.5. The van der Waals surface area contributed by atoms with Gasteiger partial charge in [-0.1, -0.05) is 6.92 Å². The minimum absolute atomic E-state index is 0.0235. The van der Waals surface area contributed by atoms with Crippen molar-refractivity contribution in [2.75, 3.05) is 13.7 Å². The van der Waals surface area contributed by atoms with E-state index in [1.165, 1.54) is 18.4 Å². The van der Waals surface area contributed by atoms with Gasteiger partial charge in [-0.05, 0) is 43.7 Å². The third-order valence-corrected chi connectivity index (χ3v) is 5.26. The van der Waals surface area contributed by atoms with Gasteiger partial charge < -0.3 is 19.2 Å². The Morgan fingerprint density at radius 1 is 1.27 bits per heavy atom. The van der Waals surface area contributed by atoms with Gasteiger partial charge in [0.05, 0.1) is 12.7 Å². The summed E-state index contributed by atoms with van der Waals surface area (Å²) < 4.78 is 10.5. The third kappa shape index (κ3) is 4.18. The van der Waals surface area contributed by atoms with Crippen LogP contribution < -0.4 is 0 Å². The van der Waals surface area contributed by atoms with E-state index in [-0.39, 0.29) is 30.7 Å². The zero-order valence-corrected chi connectivity index (χ0v) is 15.2. The van der Waals surface area contributed by atoms with Crippen LogP contribution in [0.3, 0.4) is 0 Å². The second-order valence-electron chi connectivity index (χ2n) is 7.20. The fourth-order valence-corrected chi connectivity index (χ4v) is 3.49. The number of carbonyl (C=O) groups is 2. The van der Waals surface area contributed by atoms with Crippen LogP contribution >= 0.6 is 0 Å². The number of likely N-dealkylation sites (N-methyl/N-ethyl adjacent to an activating group) is 1. The number of aromatic hydroxyl groups is 1. The molecule has 0 saturated heterocycles. The number of esters is 1. The number of phenols is 1. The number of rotatable bonds is 5. The average Bonchev–Trinajstić information content (AvgIpc) is 3.01. The smallest absolute Gasteiger partial charge is 0.310 e. The highest BCUT2D eigenvalue weighted by Crippen LogP contribution is 2.27. The summed E-state index contributed by atoms with van der Waals surface area (Å²) in [5.74, 6) is 0.186. The van der Waals surface area contributed by atoms with E-state index < -0.39 is 5.97 Å². The Hall–Kier alpha value is -2.50. The molecule has 1 saturated carbocycles. The van der Waals surface area contributed by atoms with Crippen LogP contribution in [0, 0.1) is 5.92 Å². The zero-order valence-electron chi connectivity index (χ0n) is 15.2. The van der Waals surface area contributed by atoms with Crippen LogP contribution in [0.15, 0.2) is 28.9 Å². The van der Waals surface area contributed by atoms with Crippen molar-refractivity contribution in [2.24, 2.45) is 5.92 Å². The van der Waals surface area contributed by atoms with E-state index in [1.807, 2.05) is 0 Å². The van der Waals surface area contributed by atoms with Gasteiger partial charge in [-0.2, -0.15) is 0 Å². The Kier molecular flexibility index (Phi) is 5.49. The van der Waals surface area contributed by atoms with Gasteiger partial charge in [0.2, 0.25) is 0 Å². The lowest BCUT2D eigenvalue weighted by Gasteiger charge is -2.33. The Labute approximate surface area is 152 Å². The molecule has 1 heterocycles. The second-order valence-corrected chi connectivity index (χ2v) is 7.20. The summed E-state index contributed by atoms with van der Waals surface area (Å²) in [7, 11) is 1.78. The van der Waals surface area contributed by atoms with E-state index in [4.69, 9.17) is 9.15 Å². The quantitative estimate of drug-likeness (QED) is 0.829. The predicted molar refractivity (Wildman–Crippen MR) is 96.7 cm³/mol. The molecule has 0 aliphatic heterocycles. The van der Waals surface area contributed by atoms with Gasteiger partial charge in [0, 0.05) is 30.1 Å². The number of phenolic OH excluding ortho intramolecular Hbond substituents is 1. The maximum absolute atomic E-state index is 12.3. The fraction of sp³-hybridized carbons (Fsp3) is 0.500. The molecule has 0 radical (unpaired) electrons. The van der Waals surface area contributed by atoms with Gasteiger partial charge in [-0.25, -0.2) is 0 Å². The molecule has 26 heavy (non-hydrogen) atoms. The molecule has 1 aromatic carbocycles. The van der Waals surface area contributed by atoms with E-state index in [2.05, 4.69) is 6.92 Å². The summed E-state index contributed by atoms with van der Waals surface area (Å²) in [5, 5.41) is 10.2. The molecular weight excluding hydrogens is 334 g/mol. The molecule has 1 aliphatic rings. The molecule has 0 bridgehead atoms. The molecule has 140 valence electrons. The lowest BCUT2D eigenvalue weighted by Crippen LogP contribution is -2.41. The van der Waals surface area contributed by atoms with Crippen molar-refractivity contribution in [3.8, 4) is 5.75 Å². The third-order valence-electron chi connectivity index (χ3n) is 5.26. The van der Waals surface area contributed by atoms with Gasteiger partial charge in [-0.15, -0.1) is 0 Å². The Bertz CT molecular complexity index is 789. The Balaban J connectivity index is 1.51. The standard InChI is InChI=1S/C20H25NO5/c1-13-3-5-15(6-4-13)21(2)19(23)12-26-20(24)9-14-11-25-18-10-16(22)7-8-17(14)18/h7-8,10-11,13,15,22H,3-6,9,12H2,1-2H3. The lowest BCUT2D eigenvalue weighted by atomic mass is 9.87. The van der Waals surface area contributed by atoms with E-state index in [0.717, 1.165) is 37.0 Å². The first kappa shape index (κ1) is 18.3. The first-order valence-corrected chi connectivity index (χ1v) is 9.04. The maximum atomic E-state index is 12.3. The van der Waals surface area contributed by atoms with Crippen molar-refractivity contribution in [1.29, 1.82) is 0 Å². The normalized spacial score (nSPS) is 20.1. The largest absolute Gasteiger partial charge is 0.508 e. The summed E-state index contributed by atoms with van der Waals surface area (Å²) in [5.41, 5.74) is 1.18. The number of amides is 1. The molecule has 1 aliphatic carbocycles. The van der Waals surface area contributed by atoms with Crippen molar-refractivity contribution in [1.82, 2.24) is 4.90 Å². The summed E-state index contributed by atoms with van der Waals surface area (Å²) in [6, 6.07) is 4.96. The van der Waals surface area contributed by atoms with E-state index in [1.54, 1.807) is 18.0 Å². The monoisotopic (exact) mass is 359 g/mol. The van der Waals surface area contributed by atoms with Crippen molar-refractivity contribution >= 4 is 22.8 Å². The first-order chi connectivity index (χ1) is 12.4. The summed E-state index contributed by atoms with van der Waals surface area (Å²) >= 11 is 0. The zero-order chi connectivity index (χ0) is 18.7. The molecule has 6 heteroatoms. The molecule has 0 spiro atoms. The van der Waals surface area contributed by atoms with E-state index in [9.17, 15) is 14.7 Å². The van der Waals surface area contributed by atoms with Crippen LogP contribution in [0.4, 0.5) is 0 Å². The maximum Gasteiger partial charge on any atom is 0.310 e. The van der Waals surface area contributed by atoms with Crippen LogP contribution in [0.5, 0.6) is 5.75 Å². The van der Waals surface area contributed by atoms with E-state index >= 15 is 0 Å². The number of carbonyl (C=O) groups excluding carboxylic acids is 2. The minimum atomic E-state index is -0.472. The van der Waals surface area contributed by atoms with Crippen molar-refractivity contribution in [2.45, 2.75) is 45.1 Å². The van der Waals surface area contributed by atoms with Gasteiger partial charge in [-0.3, -0.25) is 9.59 Å². The van der Waals surface area contributed by atoms with Gasteiger partial charge >= 0.3 is 5.97 Å². The van der Waals surface area contributed by atoms with Crippen molar-refractivity contribution in [3.05, 3.63) is 30.0 Å². The first-order valence-electron chi connectivity index (χ1n) is 9.04. The SMILES string of the molecule is CC1CCC(N(C)C(=O)COC(=O)Cc2coc3cc(O)ccc23)CC1. The number of hydrogen-bond donors (Lipinski definition) is 1. The van der Waals surface area contributed by atoms with Gasteiger partial charge in [0.25, 0.3) is 5.91 Å². The highest BCUT2D eigenvalue weighted by molar-refractivity contribution is 5.87. The highest BCUT2D eigenvalue weighted by Gasteiger charge is 2.25. The number of fused-ring (bicyclic) bond motifs is 1. The van der Waals surface area contributed by atoms with Crippen LogP contribution in [-0.4, -0.2) is 41.6 Å². The summed E-state index contributed by atoms with van der Waals surface area (Å²) in [6.07, 6.45) is 5.77. The van der Waals surface area contributed by atoms with Crippen LogP contribution in [0.25, 0.3) is 11.0 Å². The topological polar surface area (TPSA) is 80.0 Å². The molecule has 1 amide bonds. The molecule has 1 aromatic heterocycles. The number of nitrogens with zero attached hydrogens (tertiary/aromatic N) is 1.